The molecule has 0 radical (unpaired) electrons. The van der Waals surface area contributed by atoms with Crippen LogP contribution in [-0.4, -0.2) is 25.0 Å². The topological polar surface area (TPSA) is 110 Å². The minimum absolute atomic E-state index is 0.0267. The molecule has 0 atom stereocenters. The number of ether oxygens (including phenoxy) is 1. The van der Waals surface area contributed by atoms with Crippen molar-refractivity contribution in [1.29, 1.82) is 0 Å². The standard InChI is InChI=1S/C12H16N4O3S/c1-2-19-11-4-3-9(13)5-12(11)20(17,18)16-7-10-6-14-8-15-10/h3-6,8,16H,2,7,13H2,1H3,(H,14,15). The molecule has 0 fully saturated rings. The summed E-state index contributed by atoms with van der Waals surface area (Å²) in [5, 5.41) is 0. The quantitative estimate of drug-likeness (QED) is 0.685. The molecule has 0 unspecified atom stereocenters. The first kappa shape index (κ1) is 14.4. The number of H-pyrrole nitrogens is 1. The van der Waals surface area contributed by atoms with Gasteiger partial charge in [0.1, 0.15) is 10.6 Å². The van der Waals surface area contributed by atoms with Gasteiger partial charge in [-0.25, -0.2) is 18.1 Å². The van der Waals surface area contributed by atoms with Crippen LogP contribution in [0, 0.1) is 0 Å². The van der Waals surface area contributed by atoms with E-state index >= 15 is 0 Å². The average molecular weight is 296 g/mol. The van der Waals surface area contributed by atoms with Crippen LogP contribution in [0.4, 0.5) is 5.69 Å². The third-order valence-corrected chi connectivity index (χ3v) is 3.99. The number of aromatic nitrogens is 2. The molecule has 0 aliphatic carbocycles. The molecule has 1 aromatic heterocycles. The molecule has 0 aliphatic heterocycles. The summed E-state index contributed by atoms with van der Waals surface area (Å²) in [7, 11) is -3.71. The second-order valence-electron chi connectivity index (χ2n) is 4.04. The maximum absolute atomic E-state index is 12.3. The van der Waals surface area contributed by atoms with Gasteiger partial charge in [-0.05, 0) is 25.1 Å². The lowest BCUT2D eigenvalue weighted by Crippen LogP contribution is -2.24. The molecule has 0 saturated heterocycles. The van der Waals surface area contributed by atoms with Crippen LogP contribution in [-0.2, 0) is 16.6 Å². The molecule has 7 nitrogen and oxygen atoms in total. The summed E-state index contributed by atoms with van der Waals surface area (Å²) in [4.78, 5) is 6.67. The zero-order chi connectivity index (χ0) is 14.6. The number of nitrogens with two attached hydrogens (primary N) is 1. The lowest BCUT2D eigenvalue weighted by molar-refractivity contribution is 0.331. The number of imidazole rings is 1. The van der Waals surface area contributed by atoms with Crippen molar-refractivity contribution in [3.63, 3.8) is 0 Å². The van der Waals surface area contributed by atoms with Crippen LogP contribution in [0.2, 0.25) is 0 Å². The van der Waals surface area contributed by atoms with Crippen LogP contribution in [0.3, 0.4) is 0 Å². The Labute approximate surface area is 117 Å². The first-order valence-corrected chi connectivity index (χ1v) is 7.50. The van der Waals surface area contributed by atoms with Gasteiger partial charge in [0.2, 0.25) is 10.0 Å². The number of rotatable bonds is 6. The van der Waals surface area contributed by atoms with E-state index in [0.717, 1.165) is 0 Å². The van der Waals surface area contributed by atoms with Crippen molar-refractivity contribution in [3.05, 3.63) is 36.4 Å². The van der Waals surface area contributed by atoms with E-state index in [1.165, 1.54) is 12.4 Å². The van der Waals surface area contributed by atoms with Gasteiger partial charge in [0.15, 0.2) is 0 Å². The summed E-state index contributed by atoms with van der Waals surface area (Å²) in [6, 6.07) is 4.52. The van der Waals surface area contributed by atoms with E-state index in [0.29, 0.717) is 18.0 Å². The van der Waals surface area contributed by atoms with Gasteiger partial charge in [0, 0.05) is 17.6 Å². The first-order valence-electron chi connectivity index (χ1n) is 6.02. The van der Waals surface area contributed by atoms with E-state index in [1.54, 1.807) is 25.3 Å². The third-order valence-electron chi connectivity index (χ3n) is 2.56. The van der Waals surface area contributed by atoms with Gasteiger partial charge < -0.3 is 15.5 Å². The van der Waals surface area contributed by atoms with Crippen molar-refractivity contribution >= 4 is 15.7 Å². The molecule has 1 heterocycles. The minimum Gasteiger partial charge on any atom is -0.492 e. The number of hydrogen-bond acceptors (Lipinski definition) is 5. The Morgan fingerprint density at radius 3 is 2.90 bits per heavy atom. The maximum Gasteiger partial charge on any atom is 0.244 e. The van der Waals surface area contributed by atoms with Gasteiger partial charge in [0.25, 0.3) is 0 Å². The molecule has 2 rings (SSSR count). The second kappa shape index (κ2) is 5.93. The zero-order valence-electron chi connectivity index (χ0n) is 11.0. The molecule has 0 spiro atoms. The monoisotopic (exact) mass is 296 g/mol. The molecule has 4 N–H and O–H groups in total. The van der Waals surface area contributed by atoms with E-state index < -0.39 is 10.0 Å². The summed E-state index contributed by atoms with van der Waals surface area (Å²) < 4.78 is 32.4. The summed E-state index contributed by atoms with van der Waals surface area (Å²) in [6.45, 7) is 2.26. The van der Waals surface area contributed by atoms with Crippen LogP contribution in [0.15, 0.2) is 35.6 Å². The van der Waals surface area contributed by atoms with Crippen LogP contribution in [0.1, 0.15) is 12.6 Å². The number of anilines is 1. The van der Waals surface area contributed by atoms with Crippen LogP contribution in [0.5, 0.6) is 5.75 Å². The van der Waals surface area contributed by atoms with Gasteiger partial charge in [0.05, 0.1) is 19.5 Å². The Balaban J connectivity index is 2.26. The normalized spacial score (nSPS) is 11.4. The van der Waals surface area contributed by atoms with Crippen molar-refractivity contribution in [2.45, 2.75) is 18.4 Å². The third kappa shape index (κ3) is 3.28. The highest BCUT2D eigenvalue weighted by Crippen LogP contribution is 2.26. The number of sulfonamides is 1. The Morgan fingerprint density at radius 2 is 2.25 bits per heavy atom. The first-order chi connectivity index (χ1) is 9.53. The van der Waals surface area contributed by atoms with Crippen molar-refractivity contribution < 1.29 is 13.2 Å². The molecular weight excluding hydrogens is 280 g/mol. The molecule has 0 bridgehead atoms. The van der Waals surface area contributed by atoms with Crippen LogP contribution < -0.4 is 15.2 Å². The van der Waals surface area contributed by atoms with Gasteiger partial charge in [-0.2, -0.15) is 0 Å². The van der Waals surface area contributed by atoms with Crippen molar-refractivity contribution in [2.75, 3.05) is 12.3 Å². The van der Waals surface area contributed by atoms with Crippen molar-refractivity contribution in [3.8, 4) is 5.75 Å². The summed E-state index contributed by atoms with van der Waals surface area (Å²) in [6.07, 6.45) is 3.03. The van der Waals surface area contributed by atoms with E-state index in [2.05, 4.69) is 14.7 Å². The maximum atomic E-state index is 12.3. The number of benzene rings is 1. The molecule has 2 aromatic rings. The smallest absolute Gasteiger partial charge is 0.244 e. The zero-order valence-corrected chi connectivity index (χ0v) is 11.8. The molecule has 1 aromatic carbocycles. The molecule has 108 valence electrons. The van der Waals surface area contributed by atoms with Crippen molar-refractivity contribution in [1.82, 2.24) is 14.7 Å². The van der Waals surface area contributed by atoms with Gasteiger partial charge in [-0.1, -0.05) is 0 Å². The van der Waals surface area contributed by atoms with Crippen molar-refractivity contribution in [2.24, 2.45) is 0 Å². The summed E-state index contributed by atoms with van der Waals surface area (Å²) >= 11 is 0. The average Bonchev–Trinajstić information content (AvgIpc) is 2.92. The molecular formula is C12H16N4O3S. The van der Waals surface area contributed by atoms with E-state index in [1.807, 2.05) is 0 Å². The number of nitrogens with zero attached hydrogens (tertiary/aromatic N) is 1. The van der Waals surface area contributed by atoms with E-state index in [-0.39, 0.29) is 17.2 Å². The second-order valence-corrected chi connectivity index (χ2v) is 5.78. The van der Waals surface area contributed by atoms with Gasteiger partial charge >= 0.3 is 0 Å². The lowest BCUT2D eigenvalue weighted by Gasteiger charge is -2.12. The Bertz CT molecular complexity index is 668. The number of nitrogen functional groups attached to an aromatic ring is 1. The molecule has 8 heteroatoms. The molecule has 0 amide bonds. The fourth-order valence-corrected chi connectivity index (χ4v) is 2.83. The van der Waals surface area contributed by atoms with Gasteiger partial charge in [-0.15, -0.1) is 0 Å². The highest BCUT2D eigenvalue weighted by molar-refractivity contribution is 7.89. The Hall–Kier alpha value is -2.06. The minimum atomic E-state index is -3.71. The summed E-state index contributed by atoms with van der Waals surface area (Å²) in [5.74, 6) is 0.277. The van der Waals surface area contributed by atoms with Gasteiger partial charge in [-0.3, -0.25) is 0 Å². The highest BCUT2D eigenvalue weighted by atomic mass is 32.2. The SMILES string of the molecule is CCOc1ccc(N)cc1S(=O)(=O)NCc1cnc[nH]1. The molecule has 0 aliphatic rings. The number of nitrogens with one attached hydrogen (secondary N) is 2. The fraction of sp³-hybridized carbons (Fsp3) is 0.250. The predicted molar refractivity (Wildman–Crippen MR) is 74.6 cm³/mol. The lowest BCUT2D eigenvalue weighted by atomic mass is 10.3. The number of hydrogen-bond donors (Lipinski definition) is 3. The predicted octanol–water partition coefficient (Wildman–Crippen LogP) is 0.869. The van der Waals surface area contributed by atoms with Crippen LogP contribution in [0.25, 0.3) is 0 Å². The number of aromatic amines is 1. The Kier molecular flexibility index (Phi) is 4.26. The van der Waals surface area contributed by atoms with E-state index in [4.69, 9.17) is 10.5 Å². The highest BCUT2D eigenvalue weighted by Gasteiger charge is 2.20. The van der Waals surface area contributed by atoms with E-state index in [9.17, 15) is 8.42 Å². The molecule has 20 heavy (non-hydrogen) atoms. The molecule has 0 saturated carbocycles. The summed E-state index contributed by atoms with van der Waals surface area (Å²) in [5.41, 5.74) is 6.67. The fourth-order valence-electron chi connectivity index (χ4n) is 1.64. The largest absolute Gasteiger partial charge is 0.492 e. The Morgan fingerprint density at radius 1 is 1.45 bits per heavy atom. The van der Waals surface area contributed by atoms with Crippen LogP contribution >= 0.6 is 0 Å².